The van der Waals surface area contributed by atoms with Crippen molar-refractivity contribution in [3.8, 4) is 0 Å². The van der Waals surface area contributed by atoms with Gasteiger partial charge in [0, 0.05) is 24.7 Å². The first-order chi connectivity index (χ1) is 9.34. The second-order valence-corrected chi connectivity index (χ2v) is 6.62. The lowest BCUT2D eigenvalue weighted by molar-refractivity contribution is 0.0956. The summed E-state index contributed by atoms with van der Waals surface area (Å²) in [5, 5.41) is 2.58. The number of carbonyl (C=O) groups is 1. The summed E-state index contributed by atoms with van der Waals surface area (Å²) < 4.78 is 25.6. The number of nitrogens with one attached hydrogen (secondary N) is 2. The normalized spacial score (nSPS) is 11.6. The van der Waals surface area contributed by atoms with Gasteiger partial charge in [0.2, 0.25) is 10.0 Å². The van der Waals surface area contributed by atoms with Gasteiger partial charge in [-0.3, -0.25) is 4.79 Å². The lowest BCUT2D eigenvalue weighted by atomic mass is 10.1. The van der Waals surface area contributed by atoms with Gasteiger partial charge < -0.3 is 11.1 Å². The standard InChI is InChI=1S/C13H21N3O3S/c1-10(2)16-20(18,19)8-7-15-13(17)12-5-3-11(9-14)4-6-12/h3-6,10,16H,7-9,14H2,1-2H3,(H,15,17). The molecule has 0 heterocycles. The van der Waals surface area contributed by atoms with Gasteiger partial charge >= 0.3 is 0 Å². The lowest BCUT2D eigenvalue weighted by Gasteiger charge is -2.10. The van der Waals surface area contributed by atoms with Crippen LogP contribution in [0.3, 0.4) is 0 Å². The Morgan fingerprint density at radius 3 is 2.35 bits per heavy atom. The van der Waals surface area contributed by atoms with Crippen LogP contribution in [0.1, 0.15) is 29.8 Å². The molecule has 1 rings (SSSR count). The molecular weight excluding hydrogens is 278 g/mol. The minimum Gasteiger partial charge on any atom is -0.351 e. The zero-order valence-electron chi connectivity index (χ0n) is 11.7. The average molecular weight is 299 g/mol. The Bertz CT molecular complexity index is 538. The first kappa shape index (κ1) is 16.6. The second kappa shape index (κ2) is 7.37. The molecule has 0 aliphatic carbocycles. The highest BCUT2D eigenvalue weighted by atomic mass is 32.2. The van der Waals surface area contributed by atoms with Gasteiger partial charge in [0.15, 0.2) is 0 Å². The predicted octanol–water partition coefficient (Wildman–Crippen LogP) is 0.203. The molecule has 0 aliphatic rings. The Balaban J connectivity index is 2.47. The van der Waals surface area contributed by atoms with Gasteiger partial charge in [0.05, 0.1) is 5.75 Å². The van der Waals surface area contributed by atoms with Crippen molar-refractivity contribution in [2.24, 2.45) is 5.73 Å². The van der Waals surface area contributed by atoms with Crippen molar-refractivity contribution in [2.45, 2.75) is 26.4 Å². The minimum absolute atomic E-state index is 0.0690. The smallest absolute Gasteiger partial charge is 0.251 e. The summed E-state index contributed by atoms with van der Waals surface area (Å²) in [6.07, 6.45) is 0. The van der Waals surface area contributed by atoms with E-state index in [1.54, 1.807) is 38.1 Å². The van der Waals surface area contributed by atoms with Crippen LogP contribution >= 0.6 is 0 Å². The van der Waals surface area contributed by atoms with Gasteiger partial charge in [-0.05, 0) is 31.5 Å². The molecule has 1 aromatic carbocycles. The summed E-state index contributed by atoms with van der Waals surface area (Å²) in [4.78, 5) is 11.8. The summed E-state index contributed by atoms with van der Waals surface area (Å²) >= 11 is 0. The fourth-order valence-corrected chi connectivity index (χ4v) is 2.82. The molecule has 112 valence electrons. The molecular formula is C13H21N3O3S. The third kappa shape index (κ3) is 5.68. The number of benzene rings is 1. The average Bonchev–Trinajstić information content (AvgIpc) is 2.37. The number of nitrogens with two attached hydrogens (primary N) is 1. The number of sulfonamides is 1. The van der Waals surface area contributed by atoms with Crippen LogP contribution in [0.4, 0.5) is 0 Å². The van der Waals surface area contributed by atoms with Crippen molar-refractivity contribution in [3.63, 3.8) is 0 Å². The predicted molar refractivity (Wildman–Crippen MR) is 78.7 cm³/mol. The second-order valence-electron chi connectivity index (χ2n) is 4.75. The van der Waals surface area contributed by atoms with Crippen LogP contribution < -0.4 is 15.8 Å². The maximum absolute atomic E-state index is 11.8. The van der Waals surface area contributed by atoms with Crippen molar-refractivity contribution >= 4 is 15.9 Å². The number of carbonyl (C=O) groups excluding carboxylic acids is 1. The highest BCUT2D eigenvalue weighted by molar-refractivity contribution is 7.89. The molecule has 0 spiro atoms. The molecule has 0 aromatic heterocycles. The van der Waals surface area contributed by atoms with E-state index in [9.17, 15) is 13.2 Å². The van der Waals surface area contributed by atoms with E-state index in [2.05, 4.69) is 10.0 Å². The fraction of sp³-hybridized carbons (Fsp3) is 0.462. The number of rotatable bonds is 7. The number of amides is 1. The molecule has 0 unspecified atom stereocenters. The van der Waals surface area contributed by atoms with Gasteiger partial charge in [0.1, 0.15) is 0 Å². The minimum atomic E-state index is -3.35. The van der Waals surface area contributed by atoms with E-state index in [0.29, 0.717) is 12.1 Å². The first-order valence-corrected chi connectivity index (χ1v) is 8.06. The maximum Gasteiger partial charge on any atom is 0.251 e. The molecule has 0 fully saturated rings. The molecule has 1 amide bonds. The highest BCUT2D eigenvalue weighted by Crippen LogP contribution is 2.03. The summed E-state index contributed by atoms with van der Waals surface area (Å²) in [5.74, 6) is -0.439. The Labute approximate surface area is 119 Å². The van der Waals surface area contributed by atoms with Crippen molar-refractivity contribution < 1.29 is 13.2 Å². The molecule has 4 N–H and O–H groups in total. The van der Waals surface area contributed by atoms with E-state index in [0.717, 1.165) is 5.56 Å². The number of hydrogen-bond donors (Lipinski definition) is 3. The Morgan fingerprint density at radius 2 is 1.85 bits per heavy atom. The van der Waals surface area contributed by atoms with Crippen LogP contribution in [0.25, 0.3) is 0 Å². The molecule has 0 saturated heterocycles. The Morgan fingerprint density at radius 1 is 1.25 bits per heavy atom. The summed E-state index contributed by atoms with van der Waals surface area (Å²) in [6.45, 7) is 3.98. The van der Waals surface area contributed by atoms with Crippen molar-refractivity contribution in [1.82, 2.24) is 10.0 Å². The van der Waals surface area contributed by atoms with Crippen LogP contribution in [0.2, 0.25) is 0 Å². The lowest BCUT2D eigenvalue weighted by Crippen LogP contribution is -2.37. The zero-order chi connectivity index (χ0) is 15.2. The van der Waals surface area contributed by atoms with Crippen LogP contribution in [-0.4, -0.2) is 32.7 Å². The SMILES string of the molecule is CC(C)NS(=O)(=O)CCNC(=O)c1ccc(CN)cc1. The van der Waals surface area contributed by atoms with Crippen molar-refractivity contribution in [1.29, 1.82) is 0 Å². The third-order valence-corrected chi connectivity index (χ3v) is 4.10. The topological polar surface area (TPSA) is 101 Å². The molecule has 20 heavy (non-hydrogen) atoms. The van der Waals surface area contributed by atoms with Crippen molar-refractivity contribution in [2.75, 3.05) is 12.3 Å². The summed E-state index contributed by atoms with van der Waals surface area (Å²) in [5.41, 5.74) is 6.89. The maximum atomic E-state index is 11.8. The highest BCUT2D eigenvalue weighted by Gasteiger charge is 2.12. The number of hydrogen-bond acceptors (Lipinski definition) is 4. The van der Waals surface area contributed by atoms with Crippen LogP contribution in [-0.2, 0) is 16.6 Å². The van der Waals surface area contributed by atoms with E-state index in [1.165, 1.54) is 0 Å². The van der Waals surface area contributed by atoms with E-state index in [1.807, 2.05) is 0 Å². The van der Waals surface area contributed by atoms with Crippen LogP contribution in [0.15, 0.2) is 24.3 Å². The monoisotopic (exact) mass is 299 g/mol. The molecule has 1 aromatic rings. The molecule has 0 atom stereocenters. The summed E-state index contributed by atoms with van der Waals surface area (Å²) in [7, 11) is -3.35. The third-order valence-electron chi connectivity index (χ3n) is 2.52. The molecule has 0 saturated carbocycles. The van der Waals surface area contributed by atoms with Gasteiger partial charge in [-0.25, -0.2) is 13.1 Å². The van der Waals surface area contributed by atoms with Gasteiger partial charge in [0.25, 0.3) is 5.91 Å². The summed E-state index contributed by atoms with van der Waals surface area (Å²) in [6, 6.07) is 6.72. The van der Waals surface area contributed by atoms with E-state index in [-0.39, 0.29) is 24.2 Å². The van der Waals surface area contributed by atoms with Crippen LogP contribution in [0.5, 0.6) is 0 Å². The molecule has 6 nitrogen and oxygen atoms in total. The molecule has 0 aliphatic heterocycles. The van der Waals surface area contributed by atoms with Gasteiger partial charge in [-0.15, -0.1) is 0 Å². The zero-order valence-corrected chi connectivity index (χ0v) is 12.5. The fourth-order valence-electron chi connectivity index (χ4n) is 1.61. The van der Waals surface area contributed by atoms with Crippen LogP contribution in [0, 0.1) is 0 Å². The van der Waals surface area contributed by atoms with E-state index < -0.39 is 10.0 Å². The van der Waals surface area contributed by atoms with Crippen molar-refractivity contribution in [3.05, 3.63) is 35.4 Å². The molecule has 0 bridgehead atoms. The van der Waals surface area contributed by atoms with Gasteiger partial charge in [-0.2, -0.15) is 0 Å². The largest absolute Gasteiger partial charge is 0.351 e. The quantitative estimate of drug-likeness (QED) is 0.669. The first-order valence-electron chi connectivity index (χ1n) is 6.41. The van der Waals surface area contributed by atoms with E-state index in [4.69, 9.17) is 5.73 Å². The van der Waals surface area contributed by atoms with E-state index >= 15 is 0 Å². The Hall–Kier alpha value is -1.44. The molecule has 7 heteroatoms. The van der Waals surface area contributed by atoms with Gasteiger partial charge in [-0.1, -0.05) is 12.1 Å². The Kier molecular flexibility index (Phi) is 6.12. The molecule has 0 radical (unpaired) electrons.